The molecule has 0 radical (unpaired) electrons. The number of hydrogen-bond donors (Lipinski definition) is 1. The third-order valence-electron chi connectivity index (χ3n) is 4.46. The Morgan fingerprint density at radius 1 is 1.35 bits per heavy atom. The SMILES string of the molecule is CCO[C@@H]1C[C@H](c2ccncc2)OC2(CCNCC2)C1. The summed E-state index contributed by atoms with van der Waals surface area (Å²) in [6.07, 6.45) is 8.29. The van der Waals surface area contributed by atoms with Crippen LogP contribution in [0.1, 0.15) is 44.3 Å². The fourth-order valence-electron chi connectivity index (χ4n) is 3.48. The van der Waals surface area contributed by atoms with E-state index in [0.29, 0.717) is 6.10 Å². The van der Waals surface area contributed by atoms with Crippen molar-refractivity contribution in [3.05, 3.63) is 30.1 Å². The first-order valence-electron chi connectivity index (χ1n) is 7.71. The molecular formula is C16H24N2O2. The van der Waals surface area contributed by atoms with Crippen LogP contribution in [0.5, 0.6) is 0 Å². The van der Waals surface area contributed by atoms with E-state index in [1.54, 1.807) is 0 Å². The second-order valence-corrected chi connectivity index (χ2v) is 5.84. The Labute approximate surface area is 120 Å². The maximum atomic E-state index is 6.53. The summed E-state index contributed by atoms with van der Waals surface area (Å²) in [7, 11) is 0. The van der Waals surface area contributed by atoms with Crippen molar-refractivity contribution < 1.29 is 9.47 Å². The van der Waals surface area contributed by atoms with Crippen LogP contribution in [0.25, 0.3) is 0 Å². The van der Waals surface area contributed by atoms with E-state index in [1.807, 2.05) is 12.4 Å². The zero-order valence-corrected chi connectivity index (χ0v) is 12.2. The van der Waals surface area contributed by atoms with Crippen LogP contribution in [0.4, 0.5) is 0 Å². The van der Waals surface area contributed by atoms with Crippen LogP contribution in [0.3, 0.4) is 0 Å². The largest absolute Gasteiger partial charge is 0.378 e. The number of nitrogens with zero attached hydrogens (tertiary/aromatic N) is 1. The maximum absolute atomic E-state index is 6.53. The highest BCUT2D eigenvalue weighted by Gasteiger charge is 2.43. The number of hydrogen-bond acceptors (Lipinski definition) is 4. The van der Waals surface area contributed by atoms with E-state index in [9.17, 15) is 0 Å². The van der Waals surface area contributed by atoms with Gasteiger partial charge in [-0.05, 0) is 50.6 Å². The van der Waals surface area contributed by atoms with Crippen molar-refractivity contribution in [2.75, 3.05) is 19.7 Å². The quantitative estimate of drug-likeness (QED) is 0.921. The maximum Gasteiger partial charge on any atom is 0.0858 e. The molecule has 1 aromatic heterocycles. The van der Waals surface area contributed by atoms with Crippen LogP contribution in [-0.2, 0) is 9.47 Å². The van der Waals surface area contributed by atoms with Gasteiger partial charge in [0.2, 0.25) is 0 Å². The molecule has 2 atom stereocenters. The number of piperidine rings is 1. The Morgan fingerprint density at radius 3 is 2.80 bits per heavy atom. The Morgan fingerprint density at radius 2 is 2.10 bits per heavy atom. The Hall–Kier alpha value is -0.970. The summed E-state index contributed by atoms with van der Waals surface area (Å²) in [6.45, 7) is 4.94. The second-order valence-electron chi connectivity index (χ2n) is 5.84. The molecule has 0 aliphatic carbocycles. The second kappa shape index (κ2) is 6.20. The molecule has 3 heterocycles. The monoisotopic (exact) mass is 276 g/mol. The van der Waals surface area contributed by atoms with Crippen LogP contribution in [0, 0.1) is 0 Å². The zero-order chi connectivity index (χ0) is 13.8. The van der Waals surface area contributed by atoms with Crippen molar-refractivity contribution in [2.24, 2.45) is 0 Å². The molecule has 0 bridgehead atoms. The van der Waals surface area contributed by atoms with Crippen LogP contribution in [-0.4, -0.2) is 36.4 Å². The van der Waals surface area contributed by atoms with Gasteiger partial charge in [0.25, 0.3) is 0 Å². The lowest BCUT2D eigenvalue weighted by molar-refractivity contribution is -0.185. The summed E-state index contributed by atoms with van der Waals surface area (Å²) in [6, 6.07) is 4.13. The minimum Gasteiger partial charge on any atom is -0.378 e. The van der Waals surface area contributed by atoms with E-state index in [0.717, 1.165) is 45.4 Å². The van der Waals surface area contributed by atoms with E-state index in [1.165, 1.54) is 5.56 Å². The summed E-state index contributed by atoms with van der Waals surface area (Å²) >= 11 is 0. The number of rotatable bonds is 3. The van der Waals surface area contributed by atoms with Crippen molar-refractivity contribution >= 4 is 0 Å². The summed E-state index contributed by atoms with van der Waals surface area (Å²) < 4.78 is 12.5. The van der Waals surface area contributed by atoms with E-state index in [2.05, 4.69) is 29.4 Å². The van der Waals surface area contributed by atoms with Gasteiger partial charge in [0.1, 0.15) is 0 Å². The lowest BCUT2D eigenvalue weighted by Crippen LogP contribution is -2.50. The molecule has 1 spiro atoms. The molecule has 0 unspecified atom stereocenters. The highest BCUT2D eigenvalue weighted by Crippen LogP contribution is 2.42. The zero-order valence-electron chi connectivity index (χ0n) is 12.2. The van der Waals surface area contributed by atoms with Gasteiger partial charge in [-0.15, -0.1) is 0 Å². The van der Waals surface area contributed by atoms with Crippen LogP contribution >= 0.6 is 0 Å². The summed E-state index contributed by atoms with van der Waals surface area (Å²) in [5.41, 5.74) is 1.22. The first kappa shape index (κ1) is 14.0. The number of pyridine rings is 1. The third-order valence-corrected chi connectivity index (χ3v) is 4.46. The minimum atomic E-state index is -0.00271. The lowest BCUT2D eigenvalue weighted by atomic mass is 9.81. The summed E-state index contributed by atoms with van der Waals surface area (Å²) in [5, 5.41) is 3.43. The molecule has 1 aromatic rings. The van der Waals surface area contributed by atoms with Gasteiger partial charge in [-0.2, -0.15) is 0 Å². The summed E-state index contributed by atoms with van der Waals surface area (Å²) in [4.78, 5) is 4.10. The highest BCUT2D eigenvalue weighted by atomic mass is 16.5. The molecule has 3 rings (SSSR count). The van der Waals surface area contributed by atoms with Gasteiger partial charge in [-0.3, -0.25) is 4.98 Å². The predicted octanol–water partition coefficient (Wildman–Crippen LogP) is 2.46. The number of aromatic nitrogens is 1. The molecule has 110 valence electrons. The molecule has 2 aliphatic rings. The number of ether oxygens (including phenoxy) is 2. The molecule has 0 aromatic carbocycles. The van der Waals surface area contributed by atoms with Crippen LogP contribution in [0.2, 0.25) is 0 Å². The van der Waals surface area contributed by atoms with Crippen molar-refractivity contribution in [2.45, 2.75) is 50.4 Å². The van der Waals surface area contributed by atoms with Gasteiger partial charge in [0.15, 0.2) is 0 Å². The molecule has 0 saturated carbocycles. The topological polar surface area (TPSA) is 43.4 Å². The van der Waals surface area contributed by atoms with Gasteiger partial charge in [-0.1, -0.05) is 0 Å². The normalized spacial score (nSPS) is 29.4. The smallest absolute Gasteiger partial charge is 0.0858 e. The Balaban J connectivity index is 1.79. The molecule has 2 fully saturated rings. The van der Waals surface area contributed by atoms with Crippen molar-refractivity contribution in [1.29, 1.82) is 0 Å². The van der Waals surface area contributed by atoms with Gasteiger partial charge in [0, 0.05) is 31.8 Å². The van der Waals surface area contributed by atoms with E-state index in [-0.39, 0.29) is 11.7 Å². The van der Waals surface area contributed by atoms with Crippen molar-refractivity contribution in [3.8, 4) is 0 Å². The third kappa shape index (κ3) is 3.03. The average Bonchev–Trinajstić information content (AvgIpc) is 2.49. The summed E-state index contributed by atoms with van der Waals surface area (Å²) in [5.74, 6) is 0. The van der Waals surface area contributed by atoms with E-state index >= 15 is 0 Å². The Bertz CT molecular complexity index is 418. The van der Waals surface area contributed by atoms with Gasteiger partial charge < -0.3 is 14.8 Å². The van der Waals surface area contributed by atoms with E-state index in [4.69, 9.17) is 9.47 Å². The van der Waals surface area contributed by atoms with Crippen LogP contribution in [0.15, 0.2) is 24.5 Å². The molecule has 20 heavy (non-hydrogen) atoms. The standard InChI is InChI=1S/C16H24N2O2/c1-2-19-14-11-15(13-3-7-17-8-4-13)20-16(12-14)5-9-18-10-6-16/h3-4,7-8,14-15,18H,2,5-6,9-12H2,1H3/t14-,15-/m1/s1. The average molecular weight is 276 g/mol. The predicted molar refractivity (Wildman–Crippen MR) is 77.5 cm³/mol. The first-order chi connectivity index (χ1) is 9.81. The molecular weight excluding hydrogens is 252 g/mol. The van der Waals surface area contributed by atoms with Gasteiger partial charge >= 0.3 is 0 Å². The fraction of sp³-hybridized carbons (Fsp3) is 0.688. The highest BCUT2D eigenvalue weighted by molar-refractivity contribution is 5.15. The first-order valence-corrected chi connectivity index (χ1v) is 7.71. The van der Waals surface area contributed by atoms with Crippen molar-refractivity contribution in [3.63, 3.8) is 0 Å². The fourth-order valence-corrected chi connectivity index (χ4v) is 3.48. The van der Waals surface area contributed by atoms with Gasteiger partial charge in [0.05, 0.1) is 17.8 Å². The molecule has 1 N–H and O–H groups in total. The van der Waals surface area contributed by atoms with Gasteiger partial charge in [-0.25, -0.2) is 0 Å². The molecule has 2 aliphatic heterocycles. The van der Waals surface area contributed by atoms with E-state index < -0.39 is 0 Å². The van der Waals surface area contributed by atoms with Crippen LogP contribution < -0.4 is 5.32 Å². The molecule has 4 nitrogen and oxygen atoms in total. The Kier molecular flexibility index (Phi) is 4.34. The molecule has 2 saturated heterocycles. The van der Waals surface area contributed by atoms with Crippen molar-refractivity contribution in [1.82, 2.24) is 10.3 Å². The lowest BCUT2D eigenvalue weighted by Gasteiger charge is -2.47. The minimum absolute atomic E-state index is 0.00271. The molecule has 4 heteroatoms. The molecule has 0 amide bonds. The number of nitrogens with one attached hydrogen (secondary N) is 1.